The molecule has 4 atom stereocenters. The standard InChI is InChI=1S/C30H38N6O6.ClH/c1-2-3-12-23(34-28(40)21(31)15-19-17-33-22-13-8-7-11-20(19)22)29(41)36-25(16-26(37)38)30(42)35-24(27(32)39)14-18-9-5-4-6-10-18;/h4-11,13,17,21,23-25,33H,2-3,12,14-16,31H2,1H3,(H2,32,39)(H,34,40)(H,35,42)(H,36,41)(H,37,38);1H. The van der Waals surface area contributed by atoms with Crippen molar-refractivity contribution in [3.63, 3.8) is 0 Å². The normalized spacial score (nSPS) is 13.5. The van der Waals surface area contributed by atoms with Crippen LogP contribution >= 0.6 is 12.4 Å². The van der Waals surface area contributed by atoms with Crippen LogP contribution in [0.5, 0.6) is 0 Å². The molecular formula is C30H39ClN6O6. The number of hydrogen-bond donors (Lipinski definition) is 7. The van der Waals surface area contributed by atoms with Gasteiger partial charge in [0.15, 0.2) is 0 Å². The highest BCUT2D eigenvalue weighted by Crippen LogP contribution is 2.19. The SMILES string of the molecule is CCCCC(NC(=O)C(N)Cc1c[nH]c2ccccc12)C(=O)NC(CC(=O)O)C(=O)NC(Cc1ccccc1)C(N)=O.Cl. The maximum Gasteiger partial charge on any atom is 0.305 e. The third-order valence-corrected chi connectivity index (χ3v) is 6.89. The lowest BCUT2D eigenvalue weighted by Gasteiger charge is -2.25. The van der Waals surface area contributed by atoms with Crippen molar-refractivity contribution in [1.82, 2.24) is 20.9 Å². The fourth-order valence-electron chi connectivity index (χ4n) is 4.59. The Labute approximate surface area is 255 Å². The Hall–Kier alpha value is -4.42. The molecule has 2 aromatic carbocycles. The van der Waals surface area contributed by atoms with Gasteiger partial charge in [-0.25, -0.2) is 0 Å². The highest BCUT2D eigenvalue weighted by atomic mass is 35.5. The molecule has 13 heteroatoms. The number of rotatable bonds is 16. The summed E-state index contributed by atoms with van der Waals surface area (Å²) in [4.78, 5) is 66.1. The molecule has 1 aromatic heterocycles. The van der Waals surface area contributed by atoms with Crippen LogP contribution in [0.25, 0.3) is 10.9 Å². The van der Waals surface area contributed by atoms with Crippen LogP contribution in [-0.4, -0.2) is 63.9 Å². The van der Waals surface area contributed by atoms with E-state index >= 15 is 0 Å². The Balaban J connectivity index is 0.00000645. The predicted octanol–water partition coefficient (Wildman–Crippen LogP) is 1.31. The molecule has 43 heavy (non-hydrogen) atoms. The van der Waals surface area contributed by atoms with Gasteiger partial charge in [0.25, 0.3) is 0 Å². The second kappa shape index (κ2) is 16.9. The largest absolute Gasteiger partial charge is 0.481 e. The number of carbonyl (C=O) groups is 5. The second-order valence-electron chi connectivity index (χ2n) is 10.2. The Morgan fingerprint density at radius 1 is 0.837 bits per heavy atom. The summed E-state index contributed by atoms with van der Waals surface area (Å²) in [7, 11) is 0. The van der Waals surface area contributed by atoms with Gasteiger partial charge in [-0.1, -0.05) is 68.3 Å². The van der Waals surface area contributed by atoms with Gasteiger partial charge in [0.1, 0.15) is 18.1 Å². The van der Waals surface area contributed by atoms with Gasteiger partial charge in [-0.3, -0.25) is 24.0 Å². The number of aromatic amines is 1. The molecule has 4 amide bonds. The molecule has 232 valence electrons. The van der Waals surface area contributed by atoms with Crippen molar-refractivity contribution in [2.45, 2.75) is 69.6 Å². The van der Waals surface area contributed by atoms with E-state index in [0.29, 0.717) is 6.42 Å². The number of carboxylic acid groups (broad SMARTS) is 1. The van der Waals surface area contributed by atoms with Gasteiger partial charge in [0.05, 0.1) is 12.5 Å². The minimum atomic E-state index is -1.52. The first-order chi connectivity index (χ1) is 20.1. The number of halogens is 1. The summed E-state index contributed by atoms with van der Waals surface area (Å²) in [5, 5.41) is 17.9. The first-order valence-electron chi connectivity index (χ1n) is 13.9. The van der Waals surface area contributed by atoms with E-state index in [-0.39, 0.29) is 31.7 Å². The van der Waals surface area contributed by atoms with Crippen molar-refractivity contribution in [2.75, 3.05) is 0 Å². The number of amides is 4. The molecule has 9 N–H and O–H groups in total. The van der Waals surface area contributed by atoms with Gasteiger partial charge in [0.2, 0.25) is 23.6 Å². The summed E-state index contributed by atoms with van der Waals surface area (Å²) < 4.78 is 0. The zero-order valence-corrected chi connectivity index (χ0v) is 24.7. The Kier molecular flexibility index (Phi) is 13.7. The minimum Gasteiger partial charge on any atom is -0.481 e. The van der Waals surface area contributed by atoms with E-state index in [4.69, 9.17) is 11.5 Å². The maximum absolute atomic E-state index is 13.3. The van der Waals surface area contributed by atoms with E-state index in [9.17, 15) is 29.1 Å². The number of nitrogens with two attached hydrogens (primary N) is 2. The van der Waals surface area contributed by atoms with Crippen molar-refractivity contribution in [1.29, 1.82) is 0 Å². The zero-order chi connectivity index (χ0) is 30.6. The van der Waals surface area contributed by atoms with Crippen LogP contribution in [-0.2, 0) is 36.8 Å². The van der Waals surface area contributed by atoms with Crippen LogP contribution in [0, 0.1) is 0 Å². The van der Waals surface area contributed by atoms with Crippen molar-refractivity contribution < 1.29 is 29.1 Å². The number of carboxylic acids is 1. The summed E-state index contributed by atoms with van der Waals surface area (Å²) in [5.74, 6) is -4.35. The molecular weight excluding hydrogens is 576 g/mol. The maximum atomic E-state index is 13.3. The lowest BCUT2D eigenvalue weighted by Crippen LogP contribution is -2.58. The first kappa shape index (κ1) is 34.8. The zero-order valence-electron chi connectivity index (χ0n) is 23.9. The summed E-state index contributed by atoms with van der Waals surface area (Å²) >= 11 is 0. The minimum absolute atomic E-state index is 0. The second-order valence-corrected chi connectivity index (χ2v) is 10.2. The Morgan fingerprint density at radius 2 is 1.44 bits per heavy atom. The quantitative estimate of drug-likeness (QED) is 0.126. The molecule has 0 aliphatic rings. The molecule has 0 radical (unpaired) electrons. The average molecular weight is 615 g/mol. The van der Waals surface area contributed by atoms with Crippen LogP contribution in [0.1, 0.15) is 43.7 Å². The van der Waals surface area contributed by atoms with Crippen molar-refractivity contribution >= 4 is 52.9 Å². The van der Waals surface area contributed by atoms with Crippen molar-refractivity contribution in [3.8, 4) is 0 Å². The molecule has 3 aromatic rings. The Bertz CT molecular complexity index is 1400. The molecule has 0 spiro atoms. The number of para-hydroxylation sites is 1. The number of aromatic nitrogens is 1. The molecule has 0 saturated carbocycles. The van der Waals surface area contributed by atoms with E-state index in [1.54, 1.807) is 36.5 Å². The number of aliphatic carboxylic acids is 1. The fraction of sp³-hybridized carbons (Fsp3) is 0.367. The van der Waals surface area contributed by atoms with Gasteiger partial charge in [-0.05, 0) is 30.0 Å². The third-order valence-electron chi connectivity index (χ3n) is 6.89. The number of carbonyl (C=O) groups excluding carboxylic acids is 4. The topological polar surface area (TPSA) is 209 Å². The highest BCUT2D eigenvalue weighted by Gasteiger charge is 2.31. The fourth-order valence-corrected chi connectivity index (χ4v) is 4.59. The van der Waals surface area contributed by atoms with Crippen molar-refractivity contribution in [3.05, 3.63) is 71.9 Å². The van der Waals surface area contributed by atoms with Crippen LogP contribution < -0.4 is 27.4 Å². The molecule has 1 heterocycles. The molecule has 0 fully saturated rings. The molecule has 0 bridgehead atoms. The number of primary amides is 1. The van der Waals surface area contributed by atoms with Crippen LogP contribution in [0.4, 0.5) is 0 Å². The van der Waals surface area contributed by atoms with E-state index in [1.165, 1.54) is 0 Å². The van der Waals surface area contributed by atoms with E-state index in [1.807, 2.05) is 31.2 Å². The highest BCUT2D eigenvalue weighted by molar-refractivity contribution is 5.96. The average Bonchev–Trinajstić information content (AvgIpc) is 3.37. The number of H-pyrrole nitrogens is 1. The van der Waals surface area contributed by atoms with E-state index in [0.717, 1.165) is 28.5 Å². The molecule has 4 unspecified atom stereocenters. The van der Waals surface area contributed by atoms with Gasteiger partial charge in [-0.15, -0.1) is 12.4 Å². The van der Waals surface area contributed by atoms with Crippen molar-refractivity contribution in [2.24, 2.45) is 11.5 Å². The monoisotopic (exact) mass is 614 g/mol. The molecule has 0 aliphatic carbocycles. The number of unbranched alkanes of at least 4 members (excludes halogenated alkanes) is 1. The summed E-state index contributed by atoms with van der Waals surface area (Å²) in [5.41, 5.74) is 14.2. The summed E-state index contributed by atoms with van der Waals surface area (Å²) in [6, 6.07) is 11.7. The van der Waals surface area contributed by atoms with Crippen LogP contribution in [0.2, 0.25) is 0 Å². The Morgan fingerprint density at radius 3 is 2.09 bits per heavy atom. The molecule has 12 nitrogen and oxygen atoms in total. The molecule has 0 aliphatic heterocycles. The number of nitrogens with one attached hydrogen (secondary N) is 4. The number of fused-ring (bicyclic) bond motifs is 1. The predicted molar refractivity (Wildman–Crippen MR) is 164 cm³/mol. The number of benzene rings is 2. The van der Waals surface area contributed by atoms with Crippen LogP contribution in [0.15, 0.2) is 60.8 Å². The van der Waals surface area contributed by atoms with Gasteiger partial charge in [-0.2, -0.15) is 0 Å². The summed E-state index contributed by atoms with van der Waals surface area (Å²) in [6.45, 7) is 1.91. The molecule has 3 rings (SSSR count). The van der Waals surface area contributed by atoms with Gasteiger partial charge < -0.3 is 37.5 Å². The third kappa shape index (κ3) is 10.4. The van der Waals surface area contributed by atoms with Gasteiger partial charge >= 0.3 is 5.97 Å². The van der Waals surface area contributed by atoms with Crippen LogP contribution in [0.3, 0.4) is 0 Å². The molecule has 0 saturated heterocycles. The van der Waals surface area contributed by atoms with E-state index < -0.39 is 60.2 Å². The smallest absolute Gasteiger partial charge is 0.305 e. The summed E-state index contributed by atoms with van der Waals surface area (Å²) in [6.07, 6.45) is 2.88. The van der Waals surface area contributed by atoms with Gasteiger partial charge in [0, 0.05) is 23.5 Å². The number of hydrogen-bond acceptors (Lipinski definition) is 6. The first-order valence-corrected chi connectivity index (χ1v) is 13.9. The lowest BCUT2D eigenvalue weighted by atomic mass is 10.0. The lowest BCUT2D eigenvalue weighted by molar-refractivity contribution is -0.141. The van der Waals surface area contributed by atoms with E-state index in [2.05, 4.69) is 20.9 Å².